The Balaban J connectivity index is 1.43. The van der Waals surface area contributed by atoms with Crippen LogP contribution in [-0.2, 0) is 19.7 Å². The van der Waals surface area contributed by atoms with Gasteiger partial charge in [-0.05, 0) is 13.0 Å². The van der Waals surface area contributed by atoms with Crippen LogP contribution in [0.3, 0.4) is 0 Å². The molecule has 2 saturated heterocycles. The molecule has 23 heavy (non-hydrogen) atoms. The zero-order valence-corrected chi connectivity index (χ0v) is 15.1. The van der Waals surface area contributed by atoms with Crippen LogP contribution in [0.5, 0.6) is 0 Å². The molecule has 2 aliphatic heterocycles. The molecule has 0 aliphatic carbocycles. The molecule has 0 aromatic rings. The molecule has 0 unspecified atom stereocenters. The molecule has 2 heterocycles. The van der Waals surface area contributed by atoms with Gasteiger partial charge in [0.2, 0.25) is 0 Å². The third-order valence-electron chi connectivity index (χ3n) is 4.27. The summed E-state index contributed by atoms with van der Waals surface area (Å²) >= 11 is 0. The lowest BCUT2D eigenvalue weighted by Crippen LogP contribution is -2.44. The van der Waals surface area contributed by atoms with Gasteiger partial charge in [-0.15, -0.1) is 0 Å². The summed E-state index contributed by atoms with van der Waals surface area (Å²) in [5.74, 6) is 1.06. The SMILES string of the molecule is O=S1(=O)CCN(CCC[N]NCCN2CCS(=O)(=O)CC2)CC1. The first-order valence-electron chi connectivity index (χ1n) is 8.11. The van der Waals surface area contributed by atoms with Crippen LogP contribution in [-0.4, -0.2) is 102 Å². The van der Waals surface area contributed by atoms with Crippen LogP contribution in [0.15, 0.2) is 0 Å². The highest BCUT2D eigenvalue weighted by molar-refractivity contribution is 7.91. The van der Waals surface area contributed by atoms with Gasteiger partial charge in [0, 0.05) is 45.8 Å². The molecule has 135 valence electrons. The first kappa shape index (κ1) is 19.1. The van der Waals surface area contributed by atoms with Crippen LogP contribution in [0.1, 0.15) is 6.42 Å². The zero-order chi connectivity index (χ0) is 16.8. The fourth-order valence-electron chi connectivity index (χ4n) is 2.69. The Kier molecular flexibility index (Phi) is 7.23. The standard InChI is InChI=1S/C13H27N4O4S2/c18-22(19)10-6-16(7-11-22)4-1-2-14-15-3-5-17-8-12-23(20,21)13-9-17/h15H,1-13H2. The molecule has 0 atom stereocenters. The van der Waals surface area contributed by atoms with Gasteiger partial charge in [-0.25, -0.2) is 22.3 Å². The first-order valence-corrected chi connectivity index (χ1v) is 11.8. The predicted molar refractivity (Wildman–Crippen MR) is 89.8 cm³/mol. The van der Waals surface area contributed by atoms with E-state index < -0.39 is 19.7 Å². The Hall–Kier alpha value is -0.260. The monoisotopic (exact) mass is 367 g/mol. The van der Waals surface area contributed by atoms with E-state index in [0.29, 0.717) is 32.7 Å². The van der Waals surface area contributed by atoms with Crippen LogP contribution in [0.25, 0.3) is 0 Å². The van der Waals surface area contributed by atoms with Crippen molar-refractivity contribution in [2.45, 2.75) is 6.42 Å². The van der Waals surface area contributed by atoms with Crippen molar-refractivity contribution < 1.29 is 16.8 Å². The minimum absolute atomic E-state index is 0.260. The van der Waals surface area contributed by atoms with Crippen LogP contribution in [0.2, 0.25) is 0 Å². The molecule has 0 saturated carbocycles. The molecule has 2 fully saturated rings. The second-order valence-electron chi connectivity index (χ2n) is 6.13. The highest BCUT2D eigenvalue weighted by Crippen LogP contribution is 2.04. The Bertz CT molecular complexity index is 487. The molecule has 1 radical (unpaired) electrons. The quantitative estimate of drug-likeness (QED) is 0.389. The molecule has 1 N–H and O–H groups in total. The second-order valence-corrected chi connectivity index (χ2v) is 10.7. The Morgan fingerprint density at radius 2 is 1.26 bits per heavy atom. The van der Waals surface area contributed by atoms with Gasteiger partial charge >= 0.3 is 0 Å². The predicted octanol–water partition coefficient (Wildman–Crippen LogP) is -2.05. The summed E-state index contributed by atoms with van der Waals surface area (Å²) in [5, 5.41) is 0. The van der Waals surface area contributed by atoms with Gasteiger partial charge in [-0.2, -0.15) is 5.43 Å². The smallest absolute Gasteiger partial charge is 0.152 e. The molecule has 0 bridgehead atoms. The molecule has 0 aromatic heterocycles. The van der Waals surface area contributed by atoms with E-state index in [1.165, 1.54) is 0 Å². The maximum absolute atomic E-state index is 11.3. The van der Waals surface area contributed by atoms with Gasteiger partial charge in [0.25, 0.3) is 0 Å². The highest BCUT2D eigenvalue weighted by Gasteiger charge is 2.21. The second kappa shape index (κ2) is 8.72. The Labute approximate surface area is 139 Å². The van der Waals surface area contributed by atoms with Crippen molar-refractivity contribution in [3.8, 4) is 0 Å². The van der Waals surface area contributed by atoms with Crippen LogP contribution in [0.4, 0.5) is 0 Å². The molecular weight excluding hydrogens is 340 g/mol. The van der Waals surface area contributed by atoms with E-state index in [4.69, 9.17) is 0 Å². The van der Waals surface area contributed by atoms with E-state index in [1.807, 2.05) is 0 Å². The highest BCUT2D eigenvalue weighted by atomic mass is 32.2. The van der Waals surface area contributed by atoms with E-state index in [2.05, 4.69) is 20.7 Å². The molecular formula is C13H27N4O4S2. The molecule has 8 nitrogen and oxygen atoms in total. The zero-order valence-electron chi connectivity index (χ0n) is 13.5. The maximum Gasteiger partial charge on any atom is 0.152 e. The number of hydrogen-bond donors (Lipinski definition) is 1. The number of hydrogen-bond acceptors (Lipinski definition) is 7. The summed E-state index contributed by atoms with van der Waals surface area (Å²) in [6.45, 7) is 5.61. The Morgan fingerprint density at radius 3 is 1.78 bits per heavy atom. The van der Waals surface area contributed by atoms with Crippen molar-refractivity contribution in [2.75, 3.05) is 75.4 Å². The van der Waals surface area contributed by atoms with E-state index in [1.54, 1.807) is 0 Å². The van der Waals surface area contributed by atoms with Crippen molar-refractivity contribution in [1.82, 2.24) is 20.7 Å². The normalized spacial score (nSPS) is 25.4. The van der Waals surface area contributed by atoms with E-state index in [0.717, 1.165) is 26.1 Å². The van der Waals surface area contributed by atoms with E-state index >= 15 is 0 Å². The lowest BCUT2D eigenvalue weighted by molar-refractivity contribution is 0.276. The first-order chi connectivity index (χ1) is 10.9. The summed E-state index contributed by atoms with van der Waals surface area (Å²) in [6.07, 6.45) is 0.912. The van der Waals surface area contributed by atoms with Gasteiger partial charge in [0.1, 0.15) is 0 Å². The lowest BCUT2D eigenvalue weighted by atomic mass is 10.3. The average Bonchev–Trinajstić information content (AvgIpc) is 2.49. The molecule has 2 aliphatic rings. The number of rotatable bonds is 8. The lowest BCUT2D eigenvalue weighted by Gasteiger charge is -2.26. The molecule has 0 aromatic carbocycles. The largest absolute Gasteiger partial charge is 0.301 e. The summed E-state index contributed by atoms with van der Waals surface area (Å²) < 4.78 is 45.3. The average molecular weight is 368 g/mol. The fraction of sp³-hybridized carbons (Fsp3) is 1.00. The summed E-state index contributed by atoms with van der Waals surface area (Å²) in [7, 11) is -5.60. The topological polar surface area (TPSA) is 101 Å². The van der Waals surface area contributed by atoms with Crippen molar-refractivity contribution >= 4 is 19.7 Å². The number of sulfone groups is 2. The third-order valence-corrected chi connectivity index (χ3v) is 7.49. The van der Waals surface area contributed by atoms with E-state index in [9.17, 15) is 16.8 Å². The fourth-order valence-corrected chi connectivity index (χ4v) is 5.24. The van der Waals surface area contributed by atoms with Crippen LogP contribution in [0, 0.1) is 0 Å². The number of nitrogens with one attached hydrogen (secondary N) is 1. The van der Waals surface area contributed by atoms with Crippen LogP contribution >= 0.6 is 0 Å². The summed E-state index contributed by atoms with van der Waals surface area (Å²) in [5.41, 5.74) is 7.28. The number of nitrogens with zero attached hydrogens (tertiary/aromatic N) is 3. The maximum atomic E-state index is 11.3. The van der Waals surface area contributed by atoms with Crippen molar-refractivity contribution in [2.24, 2.45) is 0 Å². The van der Waals surface area contributed by atoms with Crippen LogP contribution < -0.4 is 10.9 Å². The van der Waals surface area contributed by atoms with Crippen molar-refractivity contribution in [1.29, 1.82) is 0 Å². The minimum atomic E-state index is -2.80. The summed E-state index contributed by atoms with van der Waals surface area (Å²) in [6, 6.07) is 0. The minimum Gasteiger partial charge on any atom is -0.301 e. The molecule has 0 amide bonds. The van der Waals surface area contributed by atoms with Gasteiger partial charge < -0.3 is 9.80 Å². The van der Waals surface area contributed by atoms with Gasteiger partial charge in [0.15, 0.2) is 19.7 Å². The summed E-state index contributed by atoms with van der Waals surface area (Å²) in [4.78, 5) is 4.31. The van der Waals surface area contributed by atoms with Gasteiger partial charge in [0.05, 0.1) is 23.0 Å². The molecule has 2 rings (SSSR count). The van der Waals surface area contributed by atoms with Crippen molar-refractivity contribution in [3.63, 3.8) is 0 Å². The Morgan fingerprint density at radius 1 is 0.783 bits per heavy atom. The third kappa shape index (κ3) is 7.44. The van der Waals surface area contributed by atoms with Crippen molar-refractivity contribution in [3.05, 3.63) is 0 Å². The van der Waals surface area contributed by atoms with E-state index in [-0.39, 0.29) is 23.0 Å². The molecule has 10 heteroatoms. The molecule has 0 spiro atoms. The van der Waals surface area contributed by atoms with Gasteiger partial charge in [-0.3, -0.25) is 0 Å². The van der Waals surface area contributed by atoms with Gasteiger partial charge in [-0.1, -0.05) is 0 Å².